The van der Waals surface area contributed by atoms with Crippen molar-refractivity contribution in [3.05, 3.63) is 59.2 Å². The van der Waals surface area contributed by atoms with Crippen molar-refractivity contribution in [3.8, 4) is 0 Å². The van der Waals surface area contributed by atoms with Crippen LogP contribution in [-0.2, 0) is 16.1 Å². The first-order valence-corrected chi connectivity index (χ1v) is 12.3. The molecule has 0 aromatic heterocycles. The molecular formula is C26H32N2O2S. The molecule has 2 amide bonds. The number of benzene rings is 2. The first-order valence-electron chi connectivity index (χ1n) is 11.4. The third kappa shape index (κ3) is 4.82. The largest absolute Gasteiger partial charge is 0.353 e. The van der Waals surface area contributed by atoms with E-state index in [1.807, 2.05) is 30.0 Å². The quantitative estimate of drug-likeness (QED) is 0.683. The van der Waals surface area contributed by atoms with Gasteiger partial charge in [0.25, 0.3) is 0 Å². The molecule has 1 N–H and O–H groups in total. The van der Waals surface area contributed by atoms with Crippen molar-refractivity contribution in [2.75, 3.05) is 4.90 Å². The molecule has 0 saturated heterocycles. The van der Waals surface area contributed by atoms with Crippen LogP contribution in [0.25, 0.3) is 0 Å². The number of carbonyl (C=O) groups excluding carboxylic acids is 2. The zero-order valence-corrected chi connectivity index (χ0v) is 19.5. The lowest BCUT2D eigenvalue weighted by Crippen LogP contribution is -2.49. The van der Waals surface area contributed by atoms with E-state index in [9.17, 15) is 9.59 Å². The van der Waals surface area contributed by atoms with Crippen LogP contribution in [0.1, 0.15) is 55.7 Å². The Morgan fingerprint density at radius 2 is 1.87 bits per heavy atom. The Balaban J connectivity index is 1.58. The number of aryl methyl sites for hydroxylation is 2. The lowest BCUT2D eigenvalue weighted by atomic mass is 9.94. The molecule has 2 aliphatic rings. The summed E-state index contributed by atoms with van der Waals surface area (Å²) in [5.74, 6) is -0.353. The minimum atomic E-state index is -0.413. The third-order valence-corrected chi connectivity index (χ3v) is 8.03. The van der Waals surface area contributed by atoms with Gasteiger partial charge in [-0.05, 0) is 49.9 Å². The van der Waals surface area contributed by atoms with Crippen LogP contribution in [0.3, 0.4) is 0 Å². The van der Waals surface area contributed by atoms with E-state index in [0.29, 0.717) is 6.54 Å². The molecule has 5 heteroatoms. The molecule has 2 aromatic carbocycles. The maximum Gasteiger partial charge on any atom is 0.241 e. The average molecular weight is 437 g/mol. The van der Waals surface area contributed by atoms with Gasteiger partial charge < -0.3 is 10.2 Å². The van der Waals surface area contributed by atoms with Crippen LogP contribution in [0, 0.1) is 19.8 Å². The van der Waals surface area contributed by atoms with Crippen LogP contribution in [0.5, 0.6) is 0 Å². The topological polar surface area (TPSA) is 49.4 Å². The second kappa shape index (κ2) is 9.47. The van der Waals surface area contributed by atoms with Crippen LogP contribution < -0.4 is 10.2 Å². The van der Waals surface area contributed by atoms with Crippen LogP contribution in [0.4, 0.5) is 5.69 Å². The van der Waals surface area contributed by atoms with Gasteiger partial charge in [0.1, 0.15) is 5.25 Å². The number of anilines is 1. The van der Waals surface area contributed by atoms with Crippen molar-refractivity contribution in [2.45, 2.75) is 75.6 Å². The SMILES string of the molecule is Cc1ccc(C)c(CN2C(=O)[C@H]([C@@H](C)C(=O)NC3CCCCC3)Sc3ccccc32)c1. The molecule has 0 unspecified atom stereocenters. The number of rotatable bonds is 5. The summed E-state index contributed by atoms with van der Waals surface area (Å²) in [4.78, 5) is 29.6. The Bertz CT molecular complexity index is 968. The van der Waals surface area contributed by atoms with Gasteiger partial charge in [-0.2, -0.15) is 0 Å². The Labute approximate surface area is 189 Å². The molecule has 4 nitrogen and oxygen atoms in total. The number of hydrogen-bond acceptors (Lipinski definition) is 3. The van der Waals surface area contributed by atoms with E-state index in [1.165, 1.54) is 42.2 Å². The highest BCUT2D eigenvalue weighted by Crippen LogP contribution is 2.42. The summed E-state index contributed by atoms with van der Waals surface area (Å²) in [6.45, 7) is 6.59. The number of thioether (sulfide) groups is 1. The van der Waals surface area contributed by atoms with Crippen molar-refractivity contribution in [2.24, 2.45) is 5.92 Å². The highest BCUT2D eigenvalue weighted by molar-refractivity contribution is 8.01. The van der Waals surface area contributed by atoms with Gasteiger partial charge in [-0.25, -0.2) is 0 Å². The van der Waals surface area contributed by atoms with Crippen molar-refractivity contribution < 1.29 is 9.59 Å². The van der Waals surface area contributed by atoms with Gasteiger partial charge >= 0.3 is 0 Å². The van der Waals surface area contributed by atoms with Gasteiger partial charge in [0.05, 0.1) is 18.2 Å². The molecular weight excluding hydrogens is 404 g/mol. The number of nitrogens with one attached hydrogen (secondary N) is 1. The fourth-order valence-corrected chi connectivity index (χ4v) is 5.86. The van der Waals surface area contributed by atoms with Crippen molar-refractivity contribution in [1.82, 2.24) is 5.32 Å². The zero-order valence-electron chi connectivity index (χ0n) is 18.7. The zero-order chi connectivity index (χ0) is 22.0. The first kappa shape index (κ1) is 21.9. The van der Waals surface area contributed by atoms with Crippen LogP contribution in [0.15, 0.2) is 47.4 Å². The predicted octanol–water partition coefficient (Wildman–Crippen LogP) is 5.40. The fourth-order valence-electron chi connectivity index (χ4n) is 4.58. The number of amides is 2. The molecule has 0 radical (unpaired) electrons. The average Bonchev–Trinajstić information content (AvgIpc) is 2.78. The molecule has 1 aliphatic carbocycles. The Kier molecular flexibility index (Phi) is 6.71. The van der Waals surface area contributed by atoms with Crippen molar-refractivity contribution in [3.63, 3.8) is 0 Å². The number of fused-ring (bicyclic) bond motifs is 1. The maximum absolute atomic E-state index is 13.7. The summed E-state index contributed by atoms with van der Waals surface area (Å²) in [6, 6.07) is 14.7. The van der Waals surface area contributed by atoms with Gasteiger partial charge in [0, 0.05) is 10.9 Å². The highest BCUT2D eigenvalue weighted by Gasteiger charge is 2.40. The number of nitrogens with zero attached hydrogens (tertiary/aromatic N) is 1. The van der Waals surface area contributed by atoms with E-state index in [-0.39, 0.29) is 23.8 Å². The van der Waals surface area contributed by atoms with Crippen molar-refractivity contribution in [1.29, 1.82) is 0 Å². The van der Waals surface area contributed by atoms with Gasteiger partial charge in [-0.3, -0.25) is 9.59 Å². The van der Waals surface area contributed by atoms with Crippen molar-refractivity contribution >= 4 is 29.3 Å². The molecule has 1 aliphatic heterocycles. The summed E-state index contributed by atoms with van der Waals surface area (Å²) in [7, 11) is 0. The molecule has 0 spiro atoms. The maximum atomic E-state index is 13.7. The standard InChI is InChI=1S/C26H32N2O2S/c1-17-13-14-18(2)20(15-17)16-28-22-11-7-8-12-23(22)31-24(26(28)30)19(3)25(29)27-21-9-5-4-6-10-21/h7-8,11-15,19,21,24H,4-6,9-10,16H2,1-3H3,(H,27,29)/t19-,24+/m1/s1. The summed E-state index contributed by atoms with van der Waals surface area (Å²) < 4.78 is 0. The lowest BCUT2D eigenvalue weighted by molar-refractivity contribution is -0.129. The van der Waals surface area contributed by atoms with E-state index in [1.54, 1.807) is 0 Å². The molecule has 164 valence electrons. The van der Waals surface area contributed by atoms with E-state index in [2.05, 4.69) is 43.4 Å². The van der Waals surface area contributed by atoms with Crippen LogP contribution >= 0.6 is 11.8 Å². The smallest absolute Gasteiger partial charge is 0.241 e. The van der Waals surface area contributed by atoms with Crippen LogP contribution in [-0.4, -0.2) is 23.1 Å². The second-order valence-electron chi connectivity index (χ2n) is 8.99. The molecule has 2 aromatic rings. The third-order valence-electron chi connectivity index (χ3n) is 6.57. The molecule has 4 rings (SSSR count). The van der Waals surface area contributed by atoms with E-state index in [4.69, 9.17) is 0 Å². The number of hydrogen-bond donors (Lipinski definition) is 1. The molecule has 1 fully saturated rings. The monoisotopic (exact) mass is 436 g/mol. The number of carbonyl (C=O) groups is 2. The Morgan fingerprint density at radius 1 is 1.13 bits per heavy atom. The summed E-state index contributed by atoms with van der Waals surface area (Å²) >= 11 is 1.53. The molecule has 1 heterocycles. The number of para-hydroxylation sites is 1. The normalized spacial score (nSPS) is 20.3. The summed E-state index contributed by atoms with van der Waals surface area (Å²) in [6.07, 6.45) is 5.70. The predicted molar refractivity (Wildman–Crippen MR) is 127 cm³/mol. The van der Waals surface area contributed by atoms with Gasteiger partial charge in [-0.1, -0.05) is 62.1 Å². The summed E-state index contributed by atoms with van der Waals surface area (Å²) in [5, 5.41) is 2.81. The second-order valence-corrected chi connectivity index (χ2v) is 10.2. The Hall–Kier alpha value is -2.27. The highest BCUT2D eigenvalue weighted by atomic mass is 32.2. The molecule has 31 heavy (non-hydrogen) atoms. The van der Waals surface area contributed by atoms with E-state index in [0.717, 1.165) is 29.0 Å². The van der Waals surface area contributed by atoms with Crippen LogP contribution in [0.2, 0.25) is 0 Å². The lowest BCUT2D eigenvalue weighted by Gasteiger charge is -2.36. The fraction of sp³-hybridized carbons (Fsp3) is 0.462. The van der Waals surface area contributed by atoms with E-state index < -0.39 is 5.25 Å². The van der Waals surface area contributed by atoms with Gasteiger partial charge in [0.2, 0.25) is 11.8 Å². The van der Waals surface area contributed by atoms with Gasteiger partial charge in [0.15, 0.2) is 0 Å². The Morgan fingerprint density at radius 3 is 2.65 bits per heavy atom. The van der Waals surface area contributed by atoms with E-state index >= 15 is 0 Å². The minimum Gasteiger partial charge on any atom is -0.353 e. The molecule has 0 bridgehead atoms. The molecule has 1 saturated carbocycles. The van der Waals surface area contributed by atoms with Gasteiger partial charge in [-0.15, -0.1) is 11.8 Å². The summed E-state index contributed by atoms with van der Waals surface area (Å²) in [5.41, 5.74) is 4.45. The molecule has 2 atom stereocenters. The first-order chi connectivity index (χ1) is 14.9. The minimum absolute atomic E-state index is 0.00353.